The summed E-state index contributed by atoms with van der Waals surface area (Å²) in [5.74, 6) is 0.00489. The highest BCUT2D eigenvalue weighted by Crippen LogP contribution is 2.32. The van der Waals surface area contributed by atoms with E-state index < -0.39 is 0 Å². The van der Waals surface area contributed by atoms with Crippen molar-refractivity contribution in [2.24, 2.45) is 0 Å². The van der Waals surface area contributed by atoms with Gasteiger partial charge < -0.3 is 4.90 Å². The van der Waals surface area contributed by atoms with Gasteiger partial charge in [0.1, 0.15) is 0 Å². The molecule has 1 aromatic heterocycles. The van der Waals surface area contributed by atoms with E-state index in [9.17, 15) is 4.79 Å². The number of halogens is 1. The number of nitrogens with zero attached hydrogens (tertiary/aromatic N) is 3. The smallest absolute Gasteiger partial charge is 0.261 e. The summed E-state index contributed by atoms with van der Waals surface area (Å²) in [4.78, 5) is 22.0. The van der Waals surface area contributed by atoms with Crippen molar-refractivity contribution < 1.29 is 4.79 Å². The maximum absolute atomic E-state index is 13.3. The van der Waals surface area contributed by atoms with E-state index in [1.807, 2.05) is 43.3 Å². The van der Waals surface area contributed by atoms with Gasteiger partial charge in [0.25, 0.3) is 5.91 Å². The van der Waals surface area contributed by atoms with Gasteiger partial charge in [0.05, 0.1) is 15.8 Å². The molecular weight excluding hydrogens is 457 g/mol. The van der Waals surface area contributed by atoms with Crippen LogP contribution in [0.5, 0.6) is 0 Å². The molecular formula is C20H22IN3OS. The first-order valence-corrected chi connectivity index (χ1v) is 10.3. The van der Waals surface area contributed by atoms with Gasteiger partial charge in [-0.1, -0.05) is 29.5 Å². The second kappa shape index (κ2) is 8.02. The number of aryl methyl sites for hydroxylation is 2. The highest BCUT2D eigenvalue weighted by Gasteiger charge is 2.23. The number of rotatable bonds is 5. The molecule has 0 atom stereocenters. The summed E-state index contributed by atoms with van der Waals surface area (Å²) in [6, 6.07) is 12.0. The Bertz CT molecular complexity index is 951. The fraction of sp³-hybridized carbons (Fsp3) is 0.300. The van der Waals surface area contributed by atoms with Crippen molar-refractivity contribution in [3.05, 3.63) is 56.7 Å². The number of carbonyl (C=O) groups is 1. The molecule has 0 saturated heterocycles. The van der Waals surface area contributed by atoms with E-state index in [1.165, 1.54) is 5.56 Å². The molecule has 0 radical (unpaired) electrons. The second-order valence-electron chi connectivity index (χ2n) is 6.66. The summed E-state index contributed by atoms with van der Waals surface area (Å²) >= 11 is 3.81. The van der Waals surface area contributed by atoms with Crippen LogP contribution in [0.3, 0.4) is 0 Å². The third-order valence-electron chi connectivity index (χ3n) is 4.17. The molecule has 0 aliphatic carbocycles. The maximum Gasteiger partial charge on any atom is 0.261 e. The fourth-order valence-electron chi connectivity index (χ4n) is 2.84. The van der Waals surface area contributed by atoms with Crippen LogP contribution < -0.4 is 4.90 Å². The lowest BCUT2D eigenvalue weighted by Gasteiger charge is -2.22. The summed E-state index contributed by atoms with van der Waals surface area (Å²) < 4.78 is 2.08. The van der Waals surface area contributed by atoms with E-state index in [2.05, 4.69) is 53.5 Å². The largest absolute Gasteiger partial charge is 0.308 e. The molecule has 0 unspecified atom stereocenters. The molecule has 0 aliphatic heterocycles. The van der Waals surface area contributed by atoms with Gasteiger partial charge in [-0.15, -0.1) is 0 Å². The summed E-state index contributed by atoms with van der Waals surface area (Å²) in [7, 11) is 4.03. The summed E-state index contributed by atoms with van der Waals surface area (Å²) in [5.41, 5.74) is 4.07. The SMILES string of the molecule is Cc1cc(C)c2nc(N(CCN(C)C)C(=O)c3ccccc3I)sc2c1. The van der Waals surface area contributed by atoms with E-state index in [0.29, 0.717) is 6.54 Å². The minimum absolute atomic E-state index is 0.00489. The van der Waals surface area contributed by atoms with Gasteiger partial charge in [-0.05, 0) is 79.9 Å². The van der Waals surface area contributed by atoms with Crippen LogP contribution in [-0.2, 0) is 0 Å². The molecule has 1 heterocycles. The summed E-state index contributed by atoms with van der Waals surface area (Å²) in [6.07, 6.45) is 0. The Morgan fingerprint density at radius 3 is 2.58 bits per heavy atom. The summed E-state index contributed by atoms with van der Waals surface area (Å²) in [6.45, 7) is 5.55. The standard InChI is InChI=1S/C20H22IN3OS/c1-13-11-14(2)18-17(12-13)26-20(22-18)24(10-9-23(3)4)19(25)15-7-5-6-8-16(15)21/h5-8,11-12H,9-10H2,1-4H3. The number of hydrogen-bond donors (Lipinski definition) is 0. The molecule has 0 aliphatic rings. The van der Waals surface area contributed by atoms with Crippen LogP contribution in [0.2, 0.25) is 0 Å². The molecule has 1 amide bonds. The number of anilines is 1. The number of amides is 1. The predicted molar refractivity (Wildman–Crippen MR) is 118 cm³/mol. The normalized spacial score (nSPS) is 11.3. The van der Waals surface area contributed by atoms with E-state index in [0.717, 1.165) is 36.6 Å². The van der Waals surface area contributed by atoms with Gasteiger partial charge in [0.15, 0.2) is 5.13 Å². The lowest BCUT2D eigenvalue weighted by molar-refractivity contribution is 0.0984. The third kappa shape index (κ3) is 4.07. The molecule has 6 heteroatoms. The molecule has 136 valence electrons. The highest BCUT2D eigenvalue weighted by atomic mass is 127. The average molecular weight is 479 g/mol. The molecule has 0 fully saturated rings. The van der Waals surface area contributed by atoms with Crippen molar-refractivity contribution >= 4 is 55.2 Å². The van der Waals surface area contributed by atoms with E-state index in [-0.39, 0.29) is 5.91 Å². The average Bonchev–Trinajstić information content (AvgIpc) is 2.99. The van der Waals surface area contributed by atoms with Gasteiger partial charge >= 0.3 is 0 Å². The number of aromatic nitrogens is 1. The lowest BCUT2D eigenvalue weighted by atomic mass is 10.1. The monoisotopic (exact) mass is 479 g/mol. The Labute approximate surface area is 172 Å². The van der Waals surface area contributed by atoms with Crippen LogP contribution in [0.1, 0.15) is 21.5 Å². The van der Waals surface area contributed by atoms with E-state index in [4.69, 9.17) is 4.98 Å². The molecule has 4 nitrogen and oxygen atoms in total. The topological polar surface area (TPSA) is 36.4 Å². The first-order valence-electron chi connectivity index (χ1n) is 8.45. The zero-order valence-electron chi connectivity index (χ0n) is 15.4. The van der Waals surface area contributed by atoms with Crippen molar-refractivity contribution in [2.45, 2.75) is 13.8 Å². The van der Waals surface area contributed by atoms with Gasteiger partial charge in [-0.3, -0.25) is 9.69 Å². The van der Waals surface area contributed by atoms with E-state index >= 15 is 0 Å². The fourth-order valence-corrected chi connectivity index (χ4v) is 4.62. The minimum atomic E-state index is 0.00489. The number of fused-ring (bicyclic) bond motifs is 1. The molecule has 0 bridgehead atoms. The van der Waals surface area contributed by atoms with Crippen molar-refractivity contribution in [1.82, 2.24) is 9.88 Å². The number of likely N-dealkylation sites (N-methyl/N-ethyl adjacent to an activating group) is 1. The van der Waals surface area contributed by atoms with Crippen molar-refractivity contribution in [3.63, 3.8) is 0 Å². The number of hydrogen-bond acceptors (Lipinski definition) is 4. The van der Waals surface area contributed by atoms with Crippen molar-refractivity contribution in [3.8, 4) is 0 Å². The first kappa shape index (κ1) is 19.3. The van der Waals surface area contributed by atoms with Gasteiger partial charge in [-0.2, -0.15) is 0 Å². The lowest BCUT2D eigenvalue weighted by Crippen LogP contribution is -2.37. The van der Waals surface area contributed by atoms with Gasteiger partial charge in [-0.25, -0.2) is 4.98 Å². The van der Waals surface area contributed by atoms with Gasteiger partial charge in [0.2, 0.25) is 0 Å². The quantitative estimate of drug-likeness (QED) is 0.497. The van der Waals surface area contributed by atoms with Crippen LogP contribution in [-0.4, -0.2) is 43.0 Å². The first-order chi connectivity index (χ1) is 12.4. The van der Waals surface area contributed by atoms with Crippen LogP contribution in [0, 0.1) is 17.4 Å². The Kier molecular flexibility index (Phi) is 5.94. The number of carbonyl (C=O) groups excluding carboxylic acids is 1. The molecule has 3 rings (SSSR count). The Morgan fingerprint density at radius 2 is 1.88 bits per heavy atom. The van der Waals surface area contributed by atoms with Crippen molar-refractivity contribution in [2.75, 3.05) is 32.1 Å². The van der Waals surface area contributed by atoms with Crippen LogP contribution in [0.25, 0.3) is 10.2 Å². The maximum atomic E-state index is 13.3. The third-order valence-corrected chi connectivity index (χ3v) is 6.14. The molecule has 3 aromatic rings. The van der Waals surface area contributed by atoms with Crippen LogP contribution in [0.15, 0.2) is 36.4 Å². The van der Waals surface area contributed by atoms with Gasteiger partial charge in [0, 0.05) is 16.7 Å². The predicted octanol–water partition coefficient (Wildman–Crippen LogP) is 4.73. The van der Waals surface area contributed by atoms with Crippen LogP contribution in [0.4, 0.5) is 5.13 Å². The number of thiazole rings is 1. The number of benzene rings is 2. The summed E-state index contributed by atoms with van der Waals surface area (Å²) in [5, 5.41) is 0.764. The molecule has 0 saturated carbocycles. The van der Waals surface area contributed by atoms with Crippen LogP contribution >= 0.6 is 33.9 Å². The zero-order valence-corrected chi connectivity index (χ0v) is 18.4. The Morgan fingerprint density at radius 1 is 1.15 bits per heavy atom. The molecule has 0 spiro atoms. The molecule has 2 aromatic carbocycles. The minimum Gasteiger partial charge on any atom is -0.308 e. The second-order valence-corrected chi connectivity index (χ2v) is 8.84. The highest BCUT2D eigenvalue weighted by molar-refractivity contribution is 14.1. The molecule has 0 N–H and O–H groups in total. The molecule has 26 heavy (non-hydrogen) atoms. The Balaban J connectivity index is 2.05. The zero-order chi connectivity index (χ0) is 18.8. The Hall–Kier alpha value is -1.51. The van der Waals surface area contributed by atoms with E-state index in [1.54, 1.807) is 11.3 Å². The van der Waals surface area contributed by atoms with Crippen molar-refractivity contribution in [1.29, 1.82) is 0 Å².